The highest BCUT2D eigenvalue weighted by molar-refractivity contribution is 6.03. The van der Waals surface area contributed by atoms with Crippen LogP contribution in [0.5, 0.6) is 17.2 Å². The number of benzene rings is 3. The maximum atomic E-state index is 13.9. The van der Waals surface area contributed by atoms with Gasteiger partial charge in [0, 0.05) is 12.0 Å². The van der Waals surface area contributed by atoms with Gasteiger partial charge in [0.25, 0.3) is 5.91 Å². The molecule has 1 saturated heterocycles. The highest BCUT2D eigenvalue weighted by atomic mass is 16.5. The summed E-state index contributed by atoms with van der Waals surface area (Å²) in [5, 5.41) is 0. The van der Waals surface area contributed by atoms with E-state index < -0.39 is 6.04 Å². The van der Waals surface area contributed by atoms with Gasteiger partial charge in [0.2, 0.25) is 5.91 Å². The number of ether oxygens (including phenoxy) is 3. The van der Waals surface area contributed by atoms with Crippen molar-refractivity contribution >= 4 is 17.5 Å². The molecule has 2 atom stereocenters. The molecule has 0 radical (unpaired) electrons. The number of likely N-dealkylation sites (tertiary alicyclic amines) is 1. The highest BCUT2D eigenvalue weighted by Gasteiger charge is 2.45. The minimum Gasteiger partial charge on any atom is -0.497 e. The van der Waals surface area contributed by atoms with E-state index in [4.69, 9.17) is 14.2 Å². The van der Waals surface area contributed by atoms with Crippen molar-refractivity contribution in [3.05, 3.63) is 83.9 Å². The second kappa shape index (κ2) is 9.09. The number of nitrogens with zero attached hydrogens (tertiary/aromatic N) is 2. The molecule has 0 spiro atoms. The average Bonchev–Trinajstić information content (AvgIpc) is 3.31. The smallest absolute Gasteiger partial charge is 0.254 e. The van der Waals surface area contributed by atoms with E-state index >= 15 is 0 Å². The van der Waals surface area contributed by atoms with Gasteiger partial charge in [-0.25, -0.2) is 0 Å². The van der Waals surface area contributed by atoms with Crippen LogP contribution in [0.2, 0.25) is 0 Å². The summed E-state index contributed by atoms with van der Waals surface area (Å²) in [5.74, 6) is 1.76. The van der Waals surface area contributed by atoms with Crippen LogP contribution in [-0.2, 0) is 11.3 Å². The Morgan fingerprint density at radius 1 is 0.941 bits per heavy atom. The lowest BCUT2D eigenvalue weighted by Crippen LogP contribution is -2.47. The van der Waals surface area contributed by atoms with Crippen molar-refractivity contribution in [3.63, 3.8) is 0 Å². The number of carbonyl (C=O) groups excluding carboxylic acids is 2. The fraction of sp³-hybridized carbons (Fsp3) is 0.259. The second-order valence-electron chi connectivity index (χ2n) is 8.42. The molecule has 3 aromatic carbocycles. The van der Waals surface area contributed by atoms with Crippen molar-refractivity contribution in [2.75, 3.05) is 25.7 Å². The summed E-state index contributed by atoms with van der Waals surface area (Å²) >= 11 is 0. The Hall–Kier alpha value is -4.00. The van der Waals surface area contributed by atoms with E-state index in [0.29, 0.717) is 42.3 Å². The van der Waals surface area contributed by atoms with Crippen molar-refractivity contribution in [1.29, 1.82) is 0 Å². The van der Waals surface area contributed by atoms with E-state index in [1.165, 1.54) is 0 Å². The maximum Gasteiger partial charge on any atom is 0.254 e. The lowest BCUT2D eigenvalue weighted by atomic mass is 10.1. The zero-order valence-corrected chi connectivity index (χ0v) is 19.1. The summed E-state index contributed by atoms with van der Waals surface area (Å²) in [4.78, 5) is 30.7. The molecular weight excluding hydrogens is 432 g/mol. The van der Waals surface area contributed by atoms with Crippen molar-refractivity contribution in [2.24, 2.45) is 0 Å². The summed E-state index contributed by atoms with van der Waals surface area (Å²) in [6, 6.07) is 21.5. The first-order chi connectivity index (χ1) is 16.6. The number of amides is 2. The summed E-state index contributed by atoms with van der Waals surface area (Å²) < 4.78 is 16.8. The zero-order valence-electron chi connectivity index (χ0n) is 19.1. The van der Waals surface area contributed by atoms with Crippen LogP contribution in [0.4, 0.5) is 5.69 Å². The third-order valence-corrected chi connectivity index (χ3v) is 6.36. The molecule has 174 valence electrons. The number of rotatable bonds is 5. The number of fused-ring (bicyclic) bond motifs is 3. The molecule has 0 unspecified atom stereocenters. The van der Waals surface area contributed by atoms with Gasteiger partial charge in [-0.05, 0) is 54.1 Å². The lowest BCUT2D eigenvalue weighted by Gasteiger charge is -2.32. The van der Waals surface area contributed by atoms with Crippen LogP contribution >= 0.6 is 0 Å². The Morgan fingerprint density at radius 2 is 1.59 bits per heavy atom. The Bertz CT molecular complexity index is 1190. The quantitative estimate of drug-likeness (QED) is 0.580. The standard InChI is InChI=1S/C27H26N2O5/c1-32-20-11-7-18(8-12-20)16-28-23-5-3-4-6-25(23)34-22-15-24(27(28)31)29(17-22)26(30)19-9-13-21(33-2)14-10-19/h3-14,22,24H,15-17H2,1-2H3/t22-,24-/m0/s1. The first kappa shape index (κ1) is 21.8. The molecule has 2 heterocycles. The second-order valence-corrected chi connectivity index (χ2v) is 8.42. The first-order valence-corrected chi connectivity index (χ1v) is 11.2. The van der Waals surface area contributed by atoms with Crippen molar-refractivity contribution in [1.82, 2.24) is 4.90 Å². The van der Waals surface area contributed by atoms with Gasteiger partial charge in [-0.1, -0.05) is 24.3 Å². The molecular formula is C27H26N2O5. The molecule has 0 aliphatic carbocycles. The molecule has 0 aromatic heterocycles. The molecule has 34 heavy (non-hydrogen) atoms. The molecule has 3 aromatic rings. The molecule has 7 heteroatoms. The molecule has 2 bridgehead atoms. The van der Waals surface area contributed by atoms with Gasteiger partial charge < -0.3 is 24.0 Å². The molecule has 5 rings (SSSR count). The zero-order chi connectivity index (χ0) is 23.7. The summed E-state index contributed by atoms with van der Waals surface area (Å²) in [6.45, 7) is 0.709. The Morgan fingerprint density at radius 3 is 2.26 bits per heavy atom. The Balaban J connectivity index is 1.48. The van der Waals surface area contributed by atoms with E-state index in [-0.39, 0.29) is 17.9 Å². The van der Waals surface area contributed by atoms with Gasteiger partial charge in [0.15, 0.2) is 0 Å². The van der Waals surface area contributed by atoms with Crippen LogP contribution in [-0.4, -0.2) is 49.6 Å². The van der Waals surface area contributed by atoms with Gasteiger partial charge in [0.1, 0.15) is 29.4 Å². The number of para-hydroxylation sites is 2. The number of anilines is 1. The molecule has 0 saturated carbocycles. The SMILES string of the molecule is COc1ccc(CN2C(=O)[C@@H]3C[C@@H](CN3C(=O)c3ccc(OC)cc3)Oc3ccccc32)cc1. The Labute approximate surface area is 198 Å². The number of carbonyl (C=O) groups is 2. The minimum absolute atomic E-state index is 0.115. The third kappa shape index (κ3) is 4.05. The third-order valence-electron chi connectivity index (χ3n) is 6.36. The van der Waals surface area contributed by atoms with E-state index in [9.17, 15) is 9.59 Å². The van der Waals surface area contributed by atoms with E-state index in [2.05, 4.69) is 0 Å². The Kier molecular flexibility index (Phi) is 5.84. The van der Waals surface area contributed by atoms with Gasteiger partial charge >= 0.3 is 0 Å². The van der Waals surface area contributed by atoms with Crippen LogP contribution in [0.1, 0.15) is 22.3 Å². The molecule has 2 amide bonds. The van der Waals surface area contributed by atoms with E-state index in [1.807, 2.05) is 48.5 Å². The molecule has 1 fully saturated rings. The normalized spacial score (nSPS) is 19.1. The fourth-order valence-electron chi connectivity index (χ4n) is 4.58. The topological polar surface area (TPSA) is 68.3 Å². The predicted molar refractivity (Wildman–Crippen MR) is 127 cm³/mol. The van der Waals surface area contributed by atoms with Crippen LogP contribution in [0.3, 0.4) is 0 Å². The maximum absolute atomic E-state index is 13.9. The lowest BCUT2D eigenvalue weighted by molar-refractivity contribution is -0.122. The summed E-state index contributed by atoms with van der Waals surface area (Å²) in [5.41, 5.74) is 2.17. The molecule has 0 N–H and O–H groups in total. The first-order valence-electron chi connectivity index (χ1n) is 11.2. The van der Waals surface area contributed by atoms with Crippen molar-refractivity contribution < 1.29 is 23.8 Å². The van der Waals surface area contributed by atoms with Gasteiger partial charge in [-0.3, -0.25) is 9.59 Å². The highest BCUT2D eigenvalue weighted by Crippen LogP contribution is 2.37. The number of hydrogen-bond donors (Lipinski definition) is 0. The summed E-state index contributed by atoms with van der Waals surface area (Å²) in [7, 11) is 3.20. The average molecular weight is 459 g/mol. The van der Waals surface area contributed by atoms with Crippen LogP contribution in [0.25, 0.3) is 0 Å². The predicted octanol–water partition coefficient (Wildman–Crippen LogP) is 3.91. The largest absolute Gasteiger partial charge is 0.497 e. The van der Waals surface area contributed by atoms with Gasteiger partial charge in [-0.2, -0.15) is 0 Å². The number of hydrogen-bond acceptors (Lipinski definition) is 5. The monoisotopic (exact) mass is 458 g/mol. The van der Waals surface area contributed by atoms with Gasteiger partial charge in [-0.15, -0.1) is 0 Å². The van der Waals surface area contributed by atoms with Crippen LogP contribution < -0.4 is 19.1 Å². The fourth-order valence-corrected chi connectivity index (χ4v) is 4.58. The van der Waals surface area contributed by atoms with Crippen LogP contribution in [0, 0.1) is 0 Å². The van der Waals surface area contributed by atoms with E-state index in [1.54, 1.807) is 48.3 Å². The van der Waals surface area contributed by atoms with Crippen molar-refractivity contribution in [3.8, 4) is 17.2 Å². The van der Waals surface area contributed by atoms with E-state index in [0.717, 1.165) is 11.3 Å². The van der Waals surface area contributed by atoms with Crippen molar-refractivity contribution in [2.45, 2.75) is 25.1 Å². The molecule has 2 aliphatic heterocycles. The minimum atomic E-state index is -0.605. The van der Waals surface area contributed by atoms with Gasteiger partial charge in [0.05, 0.1) is 33.0 Å². The summed E-state index contributed by atoms with van der Waals surface area (Å²) in [6.07, 6.45) is 0.203. The van der Waals surface area contributed by atoms with Crippen LogP contribution in [0.15, 0.2) is 72.8 Å². The molecule has 2 aliphatic rings. The number of methoxy groups -OCH3 is 2. The molecule has 7 nitrogen and oxygen atoms in total.